The van der Waals surface area contributed by atoms with E-state index in [4.69, 9.17) is 11.6 Å². The number of fused-ring (bicyclic) bond motifs is 1. The number of nitrogens with zero attached hydrogens (tertiary/aromatic N) is 2. The van der Waals surface area contributed by atoms with Crippen molar-refractivity contribution in [3.05, 3.63) is 83.1 Å². The van der Waals surface area contributed by atoms with E-state index in [0.717, 1.165) is 17.7 Å². The Hall–Kier alpha value is -3.23. The summed E-state index contributed by atoms with van der Waals surface area (Å²) in [5.74, 6) is -0.305. The van der Waals surface area contributed by atoms with Crippen molar-refractivity contribution >= 4 is 50.0 Å². The van der Waals surface area contributed by atoms with Gasteiger partial charge in [-0.1, -0.05) is 29.8 Å². The molecule has 152 valence electrons. The van der Waals surface area contributed by atoms with E-state index in [2.05, 4.69) is 20.0 Å². The van der Waals surface area contributed by atoms with E-state index in [1.54, 1.807) is 30.3 Å². The molecule has 0 spiro atoms. The molecule has 1 heterocycles. The van der Waals surface area contributed by atoms with Crippen LogP contribution in [0.25, 0.3) is 11.0 Å². The molecule has 0 aliphatic carbocycles. The van der Waals surface area contributed by atoms with Crippen molar-refractivity contribution in [3.63, 3.8) is 0 Å². The average Bonchev–Trinajstić information content (AvgIpc) is 2.71. The number of aromatic nitrogens is 2. The fraction of sp³-hybridized carbons (Fsp3) is 0.0476. The molecule has 0 fully saturated rings. The fourth-order valence-electron chi connectivity index (χ4n) is 2.81. The molecule has 0 saturated carbocycles. The Bertz CT molecular complexity index is 1350. The van der Waals surface area contributed by atoms with Crippen molar-refractivity contribution in [1.29, 1.82) is 0 Å². The van der Waals surface area contributed by atoms with Gasteiger partial charge in [-0.25, -0.2) is 22.8 Å². The van der Waals surface area contributed by atoms with Gasteiger partial charge >= 0.3 is 0 Å². The third-order valence-electron chi connectivity index (χ3n) is 4.38. The zero-order valence-electron chi connectivity index (χ0n) is 15.7. The molecule has 9 heteroatoms. The van der Waals surface area contributed by atoms with Gasteiger partial charge in [-0.3, -0.25) is 4.72 Å². The van der Waals surface area contributed by atoms with Gasteiger partial charge in [0.25, 0.3) is 10.0 Å². The molecule has 0 aliphatic heterocycles. The van der Waals surface area contributed by atoms with Crippen LogP contribution in [0.1, 0.15) is 5.56 Å². The first-order chi connectivity index (χ1) is 14.3. The van der Waals surface area contributed by atoms with Gasteiger partial charge in [0.05, 0.1) is 15.9 Å². The monoisotopic (exact) mass is 442 g/mol. The highest BCUT2D eigenvalue weighted by Crippen LogP contribution is 2.29. The standard InChI is InChI=1S/C21H16ClFN4O2S/c1-13-6-7-14(22)12-19(13)26-20-21(25-18-5-3-2-4-17(18)24-20)27-30(28,29)16-10-8-15(23)9-11-16/h2-12H,1H3,(H,24,26)(H,25,27). The molecule has 1 aromatic heterocycles. The molecule has 4 aromatic rings. The Kier molecular flexibility index (Phi) is 5.27. The van der Waals surface area contributed by atoms with Gasteiger partial charge in [0.1, 0.15) is 5.82 Å². The summed E-state index contributed by atoms with van der Waals surface area (Å²) in [6.07, 6.45) is 0. The van der Waals surface area contributed by atoms with Crippen LogP contribution in [-0.4, -0.2) is 18.4 Å². The molecule has 4 rings (SSSR count). The van der Waals surface area contributed by atoms with E-state index in [1.807, 2.05) is 19.1 Å². The topological polar surface area (TPSA) is 84.0 Å². The molecule has 0 bridgehead atoms. The number of sulfonamides is 1. The van der Waals surface area contributed by atoms with Gasteiger partial charge in [-0.15, -0.1) is 0 Å². The van der Waals surface area contributed by atoms with Crippen LogP contribution in [0.2, 0.25) is 5.02 Å². The minimum Gasteiger partial charge on any atom is -0.337 e. The Labute approximate surface area is 177 Å². The van der Waals surface area contributed by atoms with Crippen LogP contribution in [0.3, 0.4) is 0 Å². The van der Waals surface area contributed by atoms with Gasteiger partial charge in [0, 0.05) is 10.7 Å². The van der Waals surface area contributed by atoms with E-state index < -0.39 is 15.8 Å². The Morgan fingerprint density at radius 3 is 2.20 bits per heavy atom. The SMILES string of the molecule is Cc1ccc(Cl)cc1Nc1nc2ccccc2nc1NS(=O)(=O)c1ccc(F)cc1. The summed E-state index contributed by atoms with van der Waals surface area (Å²) < 4.78 is 41.3. The van der Waals surface area contributed by atoms with E-state index in [-0.39, 0.29) is 16.5 Å². The summed E-state index contributed by atoms with van der Waals surface area (Å²) in [6, 6.07) is 16.9. The lowest BCUT2D eigenvalue weighted by Gasteiger charge is -2.15. The summed E-state index contributed by atoms with van der Waals surface area (Å²) in [7, 11) is -4.02. The lowest BCUT2D eigenvalue weighted by molar-refractivity contribution is 0.599. The van der Waals surface area contributed by atoms with Gasteiger partial charge in [-0.05, 0) is 61.0 Å². The average molecular weight is 443 g/mol. The van der Waals surface area contributed by atoms with Gasteiger partial charge in [0.15, 0.2) is 11.6 Å². The summed E-state index contributed by atoms with van der Waals surface area (Å²) in [5.41, 5.74) is 2.66. The second kappa shape index (κ2) is 7.89. The number of hydrogen-bond acceptors (Lipinski definition) is 5. The first-order valence-corrected chi connectivity index (χ1v) is 10.8. The van der Waals surface area contributed by atoms with E-state index in [0.29, 0.717) is 21.7 Å². The molecular weight excluding hydrogens is 427 g/mol. The molecule has 0 saturated heterocycles. The largest absolute Gasteiger partial charge is 0.337 e. The Balaban J connectivity index is 1.80. The van der Waals surface area contributed by atoms with Crippen LogP contribution in [0, 0.1) is 12.7 Å². The maximum atomic E-state index is 13.2. The number of nitrogens with one attached hydrogen (secondary N) is 2. The highest BCUT2D eigenvalue weighted by atomic mass is 35.5. The maximum absolute atomic E-state index is 13.2. The van der Waals surface area contributed by atoms with Crippen molar-refractivity contribution in [3.8, 4) is 0 Å². The van der Waals surface area contributed by atoms with Crippen LogP contribution in [-0.2, 0) is 10.0 Å². The molecule has 2 N–H and O–H groups in total. The first-order valence-electron chi connectivity index (χ1n) is 8.90. The van der Waals surface area contributed by atoms with Crippen molar-refractivity contribution in [2.75, 3.05) is 10.0 Å². The first kappa shape index (κ1) is 20.1. The minimum absolute atomic E-state index is 0.0115. The zero-order chi connectivity index (χ0) is 21.3. The predicted octanol–water partition coefficient (Wildman–Crippen LogP) is 5.28. The highest BCUT2D eigenvalue weighted by molar-refractivity contribution is 7.92. The van der Waals surface area contributed by atoms with E-state index in [1.165, 1.54) is 12.1 Å². The van der Waals surface area contributed by atoms with Crippen LogP contribution in [0.4, 0.5) is 21.7 Å². The summed E-state index contributed by atoms with van der Waals surface area (Å²) in [6.45, 7) is 1.88. The molecule has 0 aliphatic rings. The van der Waals surface area contributed by atoms with Gasteiger partial charge in [0.2, 0.25) is 0 Å². The van der Waals surface area contributed by atoms with E-state index in [9.17, 15) is 12.8 Å². The number of rotatable bonds is 5. The Morgan fingerprint density at radius 1 is 0.900 bits per heavy atom. The second-order valence-corrected chi connectivity index (χ2v) is 8.67. The molecule has 0 atom stereocenters. The van der Waals surface area contributed by atoms with Crippen molar-refractivity contribution < 1.29 is 12.8 Å². The number of halogens is 2. The van der Waals surface area contributed by atoms with Crippen molar-refractivity contribution in [1.82, 2.24) is 9.97 Å². The lowest BCUT2D eigenvalue weighted by Crippen LogP contribution is -2.16. The zero-order valence-corrected chi connectivity index (χ0v) is 17.3. The molecule has 3 aromatic carbocycles. The fourth-order valence-corrected chi connectivity index (χ4v) is 4.00. The van der Waals surface area contributed by atoms with Crippen LogP contribution < -0.4 is 10.0 Å². The van der Waals surface area contributed by atoms with Crippen LogP contribution in [0.15, 0.2) is 71.6 Å². The van der Waals surface area contributed by atoms with E-state index >= 15 is 0 Å². The lowest BCUT2D eigenvalue weighted by atomic mass is 10.2. The molecule has 30 heavy (non-hydrogen) atoms. The molecule has 0 radical (unpaired) electrons. The predicted molar refractivity (Wildman–Crippen MR) is 116 cm³/mol. The Morgan fingerprint density at radius 2 is 1.53 bits per heavy atom. The number of benzene rings is 3. The van der Waals surface area contributed by atoms with Crippen molar-refractivity contribution in [2.45, 2.75) is 11.8 Å². The normalized spacial score (nSPS) is 11.4. The van der Waals surface area contributed by atoms with Crippen LogP contribution >= 0.6 is 11.6 Å². The van der Waals surface area contributed by atoms with Gasteiger partial charge < -0.3 is 5.32 Å². The van der Waals surface area contributed by atoms with Crippen molar-refractivity contribution in [2.24, 2.45) is 0 Å². The molecule has 6 nitrogen and oxygen atoms in total. The summed E-state index contributed by atoms with van der Waals surface area (Å²) in [4.78, 5) is 8.87. The third-order valence-corrected chi connectivity index (χ3v) is 5.97. The number of para-hydroxylation sites is 2. The summed E-state index contributed by atoms with van der Waals surface area (Å²) >= 11 is 6.10. The molecular formula is C21H16ClFN4O2S. The highest BCUT2D eigenvalue weighted by Gasteiger charge is 2.19. The summed E-state index contributed by atoms with van der Waals surface area (Å²) in [5, 5.41) is 3.63. The maximum Gasteiger partial charge on any atom is 0.263 e. The third kappa shape index (κ3) is 4.19. The smallest absolute Gasteiger partial charge is 0.263 e. The van der Waals surface area contributed by atoms with Crippen LogP contribution in [0.5, 0.6) is 0 Å². The number of aryl methyl sites for hydroxylation is 1. The molecule has 0 unspecified atom stereocenters. The number of anilines is 3. The number of hydrogen-bond donors (Lipinski definition) is 2. The molecule has 0 amide bonds. The quantitative estimate of drug-likeness (QED) is 0.439. The minimum atomic E-state index is -4.02. The second-order valence-electron chi connectivity index (χ2n) is 6.55. The van der Waals surface area contributed by atoms with Gasteiger partial charge in [-0.2, -0.15) is 0 Å².